The number of fused-ring (bicyclic) bond motifs is 9. The number of nitrogens with zero attached hydrogens (tertiary/aromatic N) is 2. The van der Waals surface area contributed by atoms with Gasteiger partial charge in [0.1, 0.15) is 0 Å². The van der Waals surface area contributed by atoms with Crippen molar-refractivity contribution in [1.29, 1.82) is 0 Å². The summed E-state index contributed by atoms with van der Waals surface area (Å²) in [6, 6.07) is 39.8. The van der Waals surface area contributed by atoms with Crippen LogP contribution in [0.25, 0.3) is 21.2 Å². The van der Waals surface area contributed by atoms with Crippen LogP contribution >= 0.6 is 11.3 Å². The third kappa shape index (κ3) is 6.99. The summed E-state index contributed by atoms with van der Waals surface area (Å²) in [5.74, 6) is 0. The molecule has 7 aromatic rings. The maximum Gasteiger partial charge on any atom is 0.264 e. The van der Waals surface area contributed by atoms with Crippen molar-refractivity contribution >= 4 is 78.0 Å². The van der Waals surface area contributed by atoms with Crippen molar-refractivity contribution in [1.82, 2.24) is 0 Å². The van der Waals surface area contributed by atoms with Gasteiger partial charge in [-0.25, -0.2) is 0 Å². The Hall–Kier alpha value is -5.06. The molecule has 3 aliphatic carbocycles. The summed E-state index contributed by atoms with van der Waals surface area (Å²) in [5.41, 5.74) is 26.9. The fourth-order valence-corrected chi connectivity index (χ4v) is 15.9. The predicted octanol–water partition coefficient (Wildman–Crippen LogP) is 17.6. The molecule has 2 nitrogen and oxygen atoms in total. The van der Waals surface area contributed by atoms with Crippen LogP contribution in [0, 0.1) is 13.8 Å². The Morgan fingerprint density at radius 2 is 1.00 bits per heavy atom. The van der Waals surface area contributed by atoms with Gasteiger partial charge in [0.2, 0.25) is 0 Å². The van der Waals surface area contributed by atoms with Crippen LogP contribution in [0.3, 0.4) is 0 Å². The summed E-state index contributed by atoms with van der Waals surface area (Å²) in [6.07, 6.45) is 7.14. The van der Waals surface area contributed by atoms with Crippen molar-refractivity contribution in [3.05, 3.63) is 147 Å². The van der Waals surface area contributed by atoms with Crippen LogP contribution in [0.4, 0.5) is 34.1 Å². The number of aryl methyl sites for hydroxylation is 2. The Bertz CT molecular complexity index is 3440. The molecule has 4 heteroatoms. The van der Waals surface area contributed by atoms with E-state index in [4.69, 9.17) is 0 Å². The van der Waals surface area contributed by atoms with E-state index in [0.717, 1.165) is 0 Å². The molecule has 1 aromatic heterocycles. The lowest BCUT2D eigenvalue weighted by Crippen LogP contribution is -2.61. The van der Waals surface area contributed by atoms with Crippen molar-refractivity contribution < 1.29 is 0 Å². The predicted molar refractivity (Wildman–Crippen MR) is 315 cm³/mol. The van der Waals surface area contributed by atoms with Crippen molar-refractivity contribution in [2.45, 2.75) is 194 Å². The molecule has 0 saturated carbocycles. The lowest BCUT2D eigenvalue weighted by molar-refractivity contribution is 0.332. The third-order valence-corrected chi connectivity index (χ3v) is 20.5. The molecule has 6 aromatic carbocycles. The highest BCUT2D eigenvalue weighted by Crippen LogP contribution is 2.56. The minimum absolute atomic E-state index is 0.0241. The summed E-state index contributed by atoms with van der Waals surface area (Å²) < 4.78 is 2.88. The number of benzene rings is 6. The van der Waals surface area contributed by atoms with Crippen molar-refractivity contribution in [2.24, 2.45) is 0 Å². The molecule has 370 valence electrons. The molecule has 0 N–H and O–H groups in total. The van der Waals surface area contributed by atoms with E-state index in [0.29, 0.717) is 0 Å². The van der Waals surface area contributed by atoms with Gasteiger partial charge >= 0.3 is 0 Å². The smallest absolute Gasteiger partial charge is 0.264 e. The summed E-state index contributed by atoms with van der Waals surface area (Å²) in [4.78, 5) is 5.51. The van der Waals surface area contributed by atoms with E-state index in [2.05, 4.69) is 236 Å². The maximum atomic E-state index is 2.78. The van der Waals surface area contributed by atoms with E-state index in [1.807, 2.05) is 0 Å². The first-order valence-electron chi connectivity index (χ1n) is 27.5. The first-order valence-corrected chi connectivity index (χ1v) is 28.3. The molecule has 2 aliphatic heterocycles. The molecule has 0 unspecified atom stereocenters. The van der Waals surface area contributed by atoms with Crippen molar-refractivity contribution in [3.63, 3.8) is 0 Å². The van der Waals surface area contributed by atoms with Gasteiger partial charge in [-0.1, -0.05) is 146 Å². The van der Waals surface area contributed by atoms with Gasteiger partial charge in [-0.15, -0.1) is 11.3 Å². The summed E-state index contributed by atoms with van der Waals surface area (Å²) in [6.45, 7) is 41.8. The average molecular weight is 967 g/mol. The van der Waals surface area contributed by atoms with Gasteiger partial charge in [0.15, 0.2) is 0 Å². The van der Waals surface area contributed by atoms with Crippen LogP contribution in [0.15, 0.2) is 97.1 Å². The molecule has 0 radical (unpaired) electrons. The second kappa shape index (κ2) is 15.3. The van der Waals surface area contributed by atoms with Gasteiger partial charge in [0.05, 0.1) is 11.4 Å². The molecule has 72 heavy (non-hydrogen) atoms. The molecule has 12 rings (SSSR count). The molecule has 0 atom stereocenters. The SMILES string of the molecule is Cc1cc2c3c(c1)N(c1cc(C)c(C(C)(C)C)cc1-c1ccccc1)c1c(sc4cc5c(cc14)C(C)(C)CCC5(C)C)B3c1cc3c(cc1N2c1ccc2c(c1)C(C)(C)CCC2(C)C)C(C)(C)CCC3(C)C. The Morgan fingerprint density at radius 3 is 1.58 bits per heavy atom. The number of rotatable bonds is 3. The van der Waals surface area contributed by atoms with Crippen molar-refractivity contribution in [3.8, 4) is 11.1 Å². The maximum absolute atomic E-state index is 2.78. The Labute approximate surface area is 437 Å². The zero-order valence-electron chi connectivity index (χ0n) is 46.9. The lowest BCUT2D eigenvalue weighted by atomic mass is 9.35. The molecule has 0 amide bonds. The Kier molecular flexibility index (Phi) is 10.2. The molecular formula is C68H79BN2S. The standard InChI is InChI=1S/C68H79BN2S/c1-40-31-56-59-57(32-40)71(54-33-41(2)47(62(3,4)5)35-44(54)42-21-19-18-20-22-42)60-45-36-49-52(68(16,17)30-27-65(49,10)11)39-58(45)72-61(60)69(59)53-37-50-51(67(14,15)29-28-66(50,12)13)38-55(53)70(56)43-23-24-46-48(34-43)64(8,9)26-25-63(46,6)7/h18-24,31-39H,25-30H2,1-17H3. The normalized spacial score (nSPS) is 20.3. The van der Waals surface area contributed by atoms with Crippen LogP contribution < -0.4 is 25.5 Å². The molecule has 5 aliphatic rings. The highest BCUT2D eigenvalue weighted by molar-refractivity contribution is 7.33. The number of anilines is 6. The van der Waals surface area contributed by atoms with Crippen LogP contribution in [-0.4, -0.2) is 6.71 Å². The molecular weight excluding hydrogens is 888 g/mol. The second-order valence-electron chi connectivity index (χ2n) is 28.3. The summed E-state index contributed by atoms with van der Waals surface area (Å²) in [7, 11) is 0. The Morgan fingerprint density at radius 1 is 0.486 bits per heavy atom. The van der Waals surface area contributed by atoms with E-state index in [-0.39, 0.29) is 44.6 Å². The first kappa shape index (κ1) is 47.9. The van der Waals surface area contributed by atoms with Crippen molar-refractivity contribution in [2.75, 3.05) is 9.80 Å². The molecule has 0 saturated heterocycles. The van der Waals surface area contributed by atoms with E-state index >= 15 is 0 Å². The highest BCUT2D eigenvalue weighted by atomic mass is 32.1. The largest absolute Gasteiger partial charge is 0.311 e. The Balaban J connectivity index is 1.24. The minimum Gasteiger partial charge on any atom is -0.311 e. The first-order chi connectivity index (χ1) is 33.6. The molecule has 3 heterocycles. The van der Waals surface area contributed by atoms with Crippen LogP contribution in [0.2, 0.25) is 0 Å². The monoisotopic (exact) mass is 967 g/mol. The zero-order chi connectivity index (χ0) is 51.2. The number of hydrogen-bond acceptors (Lipinski definition) is 3. The van der Waals surface area contributed by atoms with Gasteiger partial charge in [0, 0.05) is 43.2 Å². The minimum atomic E-state index is -0.0241. The highest BCUT2D eigenvalue weighted by Gasteiger charge is 2.49. The third-order valence-electron chi connectivity index (χ3n) is 19.3. The number of hydrogen-bond donors (Lipinski definition) is 0. The van der Waals surface area contributed by atoms with Gasteiger partial charge in [-0.2, -0.15) is 0 Å². The molecule has 0 fully saturated rings. The topological polar surface area (TPSA) is 6.48 Å². The second-order valence-corrected chi connectivity index (χ2v) is 29.4. The van der Waals surface area contributed by atoms with Crippen LogP contribution in [-0.2, 0) is 37.9 Å². The van der Waals surface area contributed by atoms with Crippen LogP contribution in [0.5, 0.6) is 0 Å². The molecule has 0 spiro atoms. The lowest BCUT2D eigenvalue weighted by Gasteiger charge is -2.47. The van der Waals surface area contributed by atoms with E-state index in [1.54, 1.807) is 0 Å². The van der Waals surface area contributed by atoms with Gasteiger partial charge in [0.25, 0.3) is 6.71 Å². The zero-order valence-corrected chi connectivity index (χ0v) is 47.7. The summed E-state index contributed by atoms with van der Waals surface area (Å²) in [5, 5.41) is 1.40. The average Bonchev–Trinajstić information content (AvgIpc) is 3.68. The summed E-state index contributed by atoms with van der Waals surface area (Å²) >= 11 is 2.08. The van der Waals surface area contributed by atoms with E-state index in [1.165, 1.54) is 160 Å². The van der Waals surface area contributed by atoms with Gasteiger partial charge < -0.3 is 9.80 Å². The van der Waals surface area contributed by atoms with E-state index in [9.17, 15) is 0 Å². The quantitative estimate of drug-likeness (QED) is 0.163. The van der Waals surface area contributed by atoms with Gasteiger partial charge in [-0.05, 0) is 211 Å². The van der Waals surface area contributed by atoms with Crippen LogP contribution in [0.1, 0.15) is 192 Å². The molecule has 0 bridgehead atoms. The fourth-order valence-electron chi connectivity index (χ4n) is 14.5. The number of thiophene rings is 1. The van der Waals surface area contributed by atoms with Gasteiger partial charge in [-0.3, -0.25) is 0 Å². The fraction of sp³-hybridized carbons (Fsp3) is 0.441. The van der Waals surface area contributed by atoms with E-state index < -0.39 is 0 Å².